The van der Waals surface area contributed by atoms with Gasteiger partial charge in [-0.3, -0.25) is 4.79 Å². The average Bonchev–Trinajstić information content (AvgIpc) is 3.47. The van der Waals surface area contributed by atoms with Crippen molar-refractivity contribution in [2.24, 2.45) is 5.92 Å². The van der Waals surface area contributed by atoms with E-state index < -0.39 is 27.5 Å². The minimum atomic E-state index is -4.14. The lowest BCUT2D eigenvalue weighted by Crippen LogP contribution is -2.43. The van der Waals surface area contributed by atoms with Gasteiger partial charge in [-0.2, -0.15) is 12.7 Å². The molecular weight excluding hydrogens is 473 g/mol. The minimum Gasteiger partial charge on any atom is -0.492 e. The molecule has 0 radical (unpaired) electrons. The van der Waals surface area contributed by atoms with Gasteiger partial charge in [0.05, 0.1) is 29.4 Å². The van der Waals surface area contributed by atoms with Crippen LogP contribution in [0.3, 0.4) is 0 Å². The molecule has 1 aromatic rings. The average molecular weight is 504 g/mol. The Morgan fingerprint density at radius 1 is 1.15 bits per heavy atom. The molecule has 2 saturated heterocycles. The number of nitrogens with zero attached hydrogens (tertiary/aromatic N) is 1. The highest BCUT2D eigenvalue weighted by atomic mass is 35.5. The van der Waals surface area contributed by atoms with Crippen LogP contribution in [0.2, 0.25) is 5.02 Å². The monoisotopic (exact) mass is 503 g/mol. The molecule has 1 atom stereocenters. The number of carbonyl (C=O) groups excluding carboxylic acids is 1. The Hall–Kier alpha value is -1.46. The number of benzene rings is 1. The number of ether oxygens (including phenoxy) is 2. The molecule has 0 spiro atoms. The first-order valence-electron chi connectivity index (χ1n) is 11.6. The summed E-state index contributed by atoms with van der Waals surface area (Å²) in [5.74, 6) is -1.39. The molecule has 3 aliphatic rings. The molecular formula is C22H31ClFN3O5S. The van der Waals surface area contributed by atoms with Crippen LogP contribution < -0.4 is 14.8 Å². The molecule has 11 heteroatoms. The van der Waals surface area contributed by atoms with Crippen LogP contribution in [0.1, 0.15) is 55.3 Å². The fourth-order valence-electron chi connectivity index (χ4n) is 4.67. The molecule has 0 unspecified atom stereocenters. The van der Waals surface area contributed by atoms with Gasteiger partial charge >= 0.3 is 10.2 Å². The van der Waals surface area contributed by atoms with Crippen molar-refractivity contribution in [2.75, 3.05) is 32.8 Å². The molecule has 3 fully saturated rings. The summed E-state index contributed by atoms with van der Waals surface area (Å²) in [6.45, 7) is 2.59. The van der Waals surface area contributed by atoms with E-state index in [4.69, 9.17) is 21.1 Å². The molecule has 0 bridgehead atoms. The second-order valence-electron chi connectivity index (χ2n) is 9.01. The van der Waals surface area contributed by atoms with Crippen molar-refractivity contribution in [1.82, 2.24) is 14.3 Å². The third-order valence-electron chi connectivity index (χ3n) is 6.56. The molecule has 8 nitrogen and oxygen atoms in total. The van der Waals surface area contributed by atoms with Gasteiger partial charge in [-0.15, -0.1) is 0 Å². The lowest BCUT2D eigenvalue weighted by atomic mass is 10.1. The van der Waals surface area contributed by atoms with Crippen LogP contribution in [0.4, 0.5) is 4.39 Å². The van der Waals surface area contributed by atoms with Gasteiger partial charge < -0.3 is 14.8 Å². The molecule has 33 heavy (non-hydrogen) atoms. The number of piperidine rings is 1. The maximum Gasteiger partial charge on any atom is 0.304 e. The molecule has 1 amide bonds. The number of rotatable bonds is 8. The summed E-state index contributed by atoms with van der Waals surface area (Å²) in [5, 5.41) is 3.32. The van der Waals surface area contributed by atoms with Crippen LogP contribution in [0.5, 0.6) is 5.75 Å². The van der Waals surface area contributed by atoms with E-state index >= 15 is 0 Å². The first kappa shape index (κ1) is 24.7. The van der Waals surface area contributed by atoms with Gasteiger partial charge in [-0.05, 0) is 57.2 Å². The molecule has 1 aliphatic carbocycles. The Bertz CT molecular complexity index is 952. The maximum absolute atomic E-state index is 14.6. The van der Waals surface area contributed by atoms with E-state index in [-0.39, 0.29) is 36.1 Å². The standard InChI is InChI=1S/C22H31ClFN3O5S/c23-19-11-18(20(24)12-21(19)31-14-15-3-1-2-4-15)22(28)26-33(29,30)27-10-7-17(13-27)32-16-5-8-25-9-6-16/h11-12,15-17,25H,1-10,13-14H2,(H,26,28)/t17-/m1/s1. The van der Waals surface area contributed by atoms with Crippen molar-refractivity contribution >= 4 is 27.7 Å². The summed E-state index contributed by atoms with van der Waals surface area (Å²) in [6, 6.07) is 2.15. The minimum absolute atomic E-state index is 0.0635. The number of nitrogens with one attached hydrogen (secondary N) is 2. The van der Waals surface area contributed by atoms with Crippen molar-refractivity contribution in [3.63, 3.8) is 0 Å². The number of amides is 1. The first-order valence-corrected chi connectivity index (χ1v) is 13.4. The van der Waals surface area contributed by atoms with Gasteiger partial charge in [0.15, 0.2) is 0 Å². The molecule has 0 aromatic heterocycles. The highest BCUT2D eigenvalue weighted by Gasteiger charge is 2.35. The topological polar surface area (TPSA) is 97.0 Å². The summed E-state index contributed by atoms with van der Waals surface area (Å²) < 4.78 is 54.8. The summed E-state index contributed by atoms with van der Waals surface area (Å²) in [6.07, 6.45) is 6.67. The molecule has 2 heterocycles. The smallest absolute Gasteiger partial charge is 0.304 e. The molecule has 184 valence electrons. The predicted octanol–water partition coefficient (Wildman–Crippen LogP) is 2.87. The van der Waals surface area contributed by atoms with Gasteiger partial charge in [-0.25, -0.2) is 9.11 Å². The van der Waals surface area contributed by atoms with Crippen molar-refractivity contribution in [3.05, 3.63) is 28.5 Å². The van der Waals surface area contributed by atoms with Crippen molar-refractivity contribution in [3.8, 4) is 5.75 Å². The SMILES string of the molecule is O=C(NS(=O)(=O)N1CC[C@@H](OC2CCNCC2)C1)c1cc(Cl)c(OCC2CCCC2)cc1F. The van der Waals surface area contributed by atoms with Gasteiger partial charge in [0.1, 0.15) is 11.6 Å². The summed E-state index contributed by atoms with van der Waals surface area (Å²) >= 11 is 6.19. The zero-order valence-electron chi connectivity index (χ0n) is 18.5. The van der Waals surface area contributed by atoms with Crippen LogP contribution in [0.25, 0.3) is 0 Å². The summed E-state index contributed by atoms with van der Waals surface area (Å²) in [7, 11) is -4.14. The quantitative estimate of drug-likeness (QED) is 0.566. The van der Waals surface area contributed by atoms with Gasteiger partial charge in [0, 0.05) is 19.2 Å². The fraction of sp³-hybridized carbons (Fsp3) is 0.682. The second-order valence-corrected chi connectivity index (χ2v) is 11.1. The zero-order chi connectivity index (χ0) is 23.4. The van der Waals surface area contributed by atoms with Crippen LogP contribution >= 0.6 is 11.6 Å². The van der Waals surface area contributed by atoms with E-state index in [1.54, 1.807) is 0 Å². The largest absolute Gasteiger partial charge is 0.492 e. The molecule has 2 N–H and O–H groups in total. The Balaban J connectivity index is 1.34. The first-order chi connectivity index (χ1) is 15.8. The fourth-order valence-corrected chi connectivity index (χ4v) is 6.07. The highest BCUT2D eigenvalue weighted by Crippen LogP contribution is 2.31. The second kappa shape index (κ2) is 10.9. The van der Waals surface area contributed by atoms with E-state index in [2.05, 4.69) is 5.32 Å². The molecule has 4 rings (SSSR count). The summed E-state index contributed by atoms with van der Waals surface area (Å²) in [4.78, 5) is 12.6. The number of halogens is 2. The van der Waals surface area contributed by atoms with Crippen LogP contribution in [0.15, 0.2) is 12.1 Å². The van der Waals surface area contributed by atoms with Crippen LogP contribution in [-0.4, -0.2) is 63.6 Å². The van der Waals surface area contributed by atoms with E-state index in [0.29, 0.717) is 18.9 Å². The van der Waals surface area contributed by atoms with Crippen LogP contribution in [-0.2, 0) is 14.9 Å². The number of carbonyl (C=O) groups is 1. The lowest BCUT2D eigenvalue weighted by Gasteiger charge is -2.26. The van der Waals surface area contributed by atoms with E-state index in [1.807, 2.05) is 4.72 Å². The normalized spacial score (nSPS) is 23.2. The maximum atomic E-state index is 14.6. The number of hydrogen-bond donors (Lipinski definition) is 2. The van der Waals surface area contributed by atoms with Gasteiger partial charge in [-0.1, -0.05) is 24.4 Å². The molecule has 1 aromatic carbocycles. The van der Waals surface area contributed by atoms with E-state index in [1.165, 1.54) is 0 Å². The van der Waals surface area contributed by atoms with Crippen molar-refractivity contribution in [2.45, 2.75) is 57.2 Å². The van der Waals surface area contributed by atoms with Crippen molar-refractivity contribution < 1.29 is 27.1 Å². The van der Waals surface area contributed by atoms with Gasteiger partial charge in [0.25, 0.3) is 5.91 Å². The van der Waals surface area contributed by atoms with Crippen LogP contribution in [0, 0.1) is 11.7 Å². The predicted molar refractivity (Wildman–Crippen MR) is 122 cm³/mol. The van der Waals surface area contributed by atoms with E-state index in [9.17, 15) is 17.6 Å². The van der Waals surface area contributed by atoms with Crippen molar-refractivity contribution in [1.29, 1.82) is 0 Å². The molecule has 2 aliphatic heterocycles. The lowest BCUT2D eigenvalue weighted by molar-refractivity contribution is -0.0183. The van der Waals surface area contributed by atoms with Gasteiger partial charge in [0.2, 0.25) is 0 Å². The highest BCUT2D eigenvalue weighted by molar-refractivity contribution is 7.87. The number of hydrogen-bond acceptors (Lipinski definition) is 6. The Labute approximate surface area is 199 Å². The third kappa shape index (κ3) is 6.36. The zero-order valence-corrected chi connectivity index (χ0v) is 20.1. The third-order valence-corrected chi connectivity index (χ3v) is 8.31. The Morgan fingerprint density at radius 3 is 2.61 bits per heavy atom. The Kier molecular flexibility index (Phi) is 8.11. The van der Waals surface area contributed by atoms with E-state index in [0.717, 1.165) is 68.1 Å². The Morgan fingerprint density at radius 2 is 1.88 bits per heavy atom. The summed E-state index contributed by atoms with van der Waals surface area (Å²) in [5.41, 5.74) is -0.446. The molecule has 1 saturated carbocycles.